The lowest BCUT2D eigenvalue weighted by Crippen LogP contribution is -1.89. The first-order valence-electron chi connectivity index (χ1n) is 7.54. The molecule has 4 aromatic carbocycles. The van der Waals surface area contributed by atoms with Crippen LogP contribution in [0.15, 0.2) is 78.6 Å². The summed E-state index contributed by atoms with van der Waals surface area (Å²) in [5, 5.41) is 5.35. The predicted molar refractivity (Wildman–Crippen MR) is 128 cm³/mol. The summed E-state index contributed by atoms with van der Waals surface area (Å²) in [6, 6.07) is 20.3. The number of rotatable bonds is 0. The van der Waals surface area contributed by atoms with Gasteiger partial charge in [-0.25, -0.2) is 0 Å². The minimum atomic E-state index is 0.721. The van der Waals surface area contributed by atoms with Gasteiger partial charge in [-0.3, -0.25) is 0 Å². The molecule has 4 aromatic rings. The summed E-state index contributed by atoms with van der Waals surface area (Å²) in [4.78, 5) is 0. The van der Waals surface area contributed by atoms with E-state index < -0.39 is 0 Å². The SMILES string of the molecule is Clc1c(Br)cc2ccccc2c1Br.Nc1c(Br)cc2ccccc2c1Br. The number of hydrogen-bond donors (Lipinski definition) is 1. The highest BCUT2D eigenvalue weighted by molar-refractivity contribution is 9.11. The van der Waals surface area contributed by atoms with Gasteiger partial charge < -0.3 is 5.73 Å². The van der Waals surface area contributed by atoms with Gasteiger partial charge in [0, 0.05) is 17.9 Å². The maximum atomic E-state index is 6.06. The van der Waals surface area contributed by atoms with Gasteiger partial charge in [0.05, 0.1) is 10.7 Å². The van der Waals surface area contributed by atoms with Crippen molar-refractivity contribution in [3.63, 3.8) is 0 Å². The highest BCUT2D eigenvalue weighted by Gasteiger charge is 2.07. The zero-order valence-electron chi connectivity index (χ0n) is 13.2. The van der Waals surface area contributed by atoms with Crippen LogP contribution in [-0.2, 0) is 0 Å². The van der Waals surface area contributed by atoms with Crippen LogP contribution in [0, 0.1) is 0 Å². The fraction of sp³-hybridized carbons (Fsp3) is 0. The standard InChI is InChI=1S/C10H5Br2Cl.C10H7Br2N/c2*11-8-5-6-3-1-2-4-7(6)9(12)10(8)13/h1-5H;1-5H,13H2. The van der Waals surface area contributed by atoms with E-state index in [0.29, 0.717) is 0 Å². The zero-order valence-corrected chi connectivity index (χ0v) is 20.3. The van der Waals surface area contributed by atoms with Crippen molar-refractivity contribution in [3.8, 4) is 0 Å². The number of benzene rings is 4. The molecular weight excluding hydrogens is 609 g/mol. The first-order valence-corrected chi connectivity index (χ1v) is 11.1. The first-order chi connectivity index (χ1) is 12.4. The molecule has 0 aliphatic heterocycles. The van der Waals surface area contributed by atoms with Crippen LogP contribution in [0.1, 0.15) is 0 Å². The lowest BCUT2D eigenvalue weighted by atomic mass is 10.1. The minimum absolute atomic E-state index is 0.721. The molecule has 0 bridgehead atoms. The Labute approximate surface area is 190 Å². The Balaban J connectivity index is 0.000000151. The van der Waals surface area contributed by atoms with E-state index in [0.717, 1.165) is 39.4 Å². The second kappa shape index (κ2) is 8.61. The molecule has 0 radical (unpaired) electrons. The summed E-state index contributed by atoms with van der Waals surface area (Å²) in [7, 11) is 0. The van der Waals surface area contributed by atoms with Crippen LogP contribution in [0.4, 0.5) is 5.69 Å². The summed E-state index contributed by atoms with van der Waals surface area (Å²) in [5.41, 5.74) is 6.60. The van der Waals surface area contributed by atoms with Crippen LogP contribution < -0.4 is 5.73 Å². The van der Waals surface area contributed by atoms with Crippen molar-refractivity contribution in [2.45, 2.75) is 0 Å². The van der Waals surface area contributed by atoms with Crippen LogP contribution >= 0.6 is 75.3 Å². The molecule has 1 nitrogen and oxygen atoms in total. The van der Waals surface area contributed by atoms with Crippen molar-refractivity contribution in [2.75, 3.05) is 5.73 Å². The number of halogens is 5. The number of fused-ring (bicyclic) bond motifs is 2. The van der Waals surface area contributed by atoms with E-state index in [-0.39, 0.29) is 0 Å². The molecular formula is C20H12Br4ClN. The average Bonchev–Trinajstić information content (AvgIpc) is 2.65. The summed E-state index contributed by atoms with van der Waals surface area (Å²) in [5.74, 6) is 0. The molecule has 0 heterocycles. The number of anilines is 1. The third-order valence-electron chi connectivity index (χ3n) is 3.86. The monoisotopic (exact) mass is 617 g/mol. The molecule has 0 amide bonds. The van der Waals surface area contributed by atoms with Gasteiger partial charge in [0.1, 0.15) is 0 Å². The summed E-state index contributed by atoms with van der Waals surface area (Å²) in [6.45, 7) is 0. The van der Waals surface area contributed by atoms with Gasteiger partial charge in [0.15, 0.2) is 0 Å². The van der Waals surface area contributed by atoms with Gasteiger partial charge >= 0.3 is 0 Å². The van der Waals surface area contributed by atoms with E-state index in [1.165, 1.54) is 10.8 Å². The van der Waals surface area contributed by atoms with E-state index in [1.807, 2.05) is 48.5 Å². The Morgan fingerprint density at radius 3 is 1.69 bits per heavy atom. The number of nitrogens with two attached hydrogens (primary N) is 1. The quantitative estimate of drug-likeness (QED) is 0.154. The molecule has 6 heteroatoms. The van der Waals surface area contributed by atoms with Crippen LogP contribution in [-0.4, -0.2) is 0 Å². The molecule has 2 N–H and O–H groups in total. The van der Waals surface area contributed by atoms with Crippen molar-refractivity contribution >= 4 is 103 Å². The largest absolute Gasteiger partial charge is 0.397 e. The molecule has 0 atom stereocenters. The van der Waals surface area contributed by atoms with E-state index in [4.69, 9.17) is 17.3 Å². The Hall–Kier alpha value is -0.590. The van der Waals surface area contributed by atoms with Crippen molar-refractivity contribution in [1.82, 2.24) is 0 Å². The molecule has 0 saturated heterocycles. The second-order valence-electron chi connectivity index (χ2n) is 5.51. The molecule has 0 aliphatic rings. The summed E-state index contributed by atoms with van der Waals surface area (Å²) >= 11 is 19.8. The Kier molecular flexibility index (Phi) is 6.68. The number of hydrogen-bond acceptors (Lipinski definition) is 1. The highest BCUT2D eigenvalue weighted by Crippen LogP contribution is 2.37. The van der Waals surface area contributed by atoms with Gasteiger partial charge in [0.25, 0.3) is 0 Å². The number of nitrogen functional groups attached to an aromatic ring is 1. The zero-order chi connectivity index (χ0) is 18.8. The van der Waals surface area contributed by atoms with E-state index in [1.54, 1.807) is 0 Å². The van der Waals surface area contributed by atoms with Gasteiger partial charge in [-0.15, -0.1) is 0 Å². The normalized spacial score (nSPS) is 10.7. The predicted octanol–water partition coefficient (Wildman–Crippen LogP) is 8.97. The third-order valence-corrected chi connectivity index (χ3v) is 7.66. The fourth-order valence-electron chi connectivity index (χ4n) is 2.53. The van der Waals surface area contributed by atoms with Crippen molar-refractivity contribution in [2.24, 2.45) is 0 Å². The van der Waals surface area contributed by atoms with Crippen LogP contribution in [0.5, 0.6) is 0 Å². The van der Waals surface area contributed by atoms with E-state index >= 15 is 0 Å². The maximum Gasteiger partial charge on any atom is 0.0696 e. The van der Waals surface area contributed by atoms with Gasteiger partial charge in [-0.2, -0.15) is 0 Å². The average molecular weight is 621 g/mol. The minimum Gasteiger partial charge on any atom is -0.397 e. The molecule has 0 aliphatic carbocycles. The highest BCUT2D eigenvalue weighted by atomic mass is 79.9. The summed E-state index contributed by atoms with van der Waals surface area (Å²) in [6.07, 6.45) is 0. The van der Waals surface area contributed by atoms with E-state index in [9.17, 15) is 0 Å². The molecule has 0 aromatic heterocycles. The molecule has 0 fully saturated rings. The fourth-order valence-corrected chi connectivity index (χ4v) is 5.26. The lowest BCUT2D eigenvalue weighted by Gasteiger charge is -2.05. The maximum absolute atomic E-state index is 6.06. The van der Waals surface area contributed by atoms with E-state index in [2.05, 4.69) is 75.9 Å². The van der Waals surface area contributed by atoms with Gasteiger partial charge in [0.2, 0.25) is 0 Å². The summed E-state index contributed by atoms with van der Waals surface area (Å²) < 4.78 is 3.74. The Morgan fingerprint density at radius 2 is 1.12 bits per heavy atom. The van der Waals surface area contributed by atoms with Crippen LogP contribution in [0.2, 0.25) is 5.02 Å². The topological polar surface area (TPSA) is 26.0 Å². The molecule has 0 unspecified atom stereocenters. The molecule has 0 spiro atoms. The van der Waals surface area contributed by atoms with Crippen molar-refractivity contribution < 1.29 is 0 Å². The van der Waals surface area contributed by atoms with Gasteiger partial charge in [-0.1, -0.05) is 60.1 Å². The molecule has 0 saturated carbocycles. The smallest absolute Gasteiger partial charge is 0.0696 e. The van der Waals surface area contributed by atoms with Gasteiger partial charge in [-0.05, 0) is 97.4 Å². The van der Waals surface area contributed by atoms with Crippen molar-refractivity contribution in [1.29, 1.82) is 0 Å². The second-order valence-corrected chi connectivity index (χ2v) is 9.19. The third kappa shape index (κ3) is 4.12. The van der Waals surface area contributed by atoms with Crippen LogP contribution in [0.25, 0.3) is 21.5 Å². The van der Waals surface area contributed by atoms with Crippen LogP contribution in [0.3, 0.4) is 0 Å². The molecule has 132 valence electrons. The molecule has 26 heavy (non-hydrogen) atoms. The Morgan fingerprint density at radius 1 is 0.654 bits per heavy atom. The molecule has 4 rings (SSSR count). The van der Waals surface area contributed by atoms with Crippen molar-refractivity contribution in [3.05, 3.63) is 83.6 Å². The first kappa shape index (κ1) is 20.2. The lowest BCUT2D eigenvalue weighted by molar-refractivity contribution is 1.64. The Bertz CT molecular complexity index is 1020.